The first-order valence-electron chi connectivity index (χ1n) is 6.74. The van der Waals surface area contributed by atoms with Crippen molar-refractivity contribution in [2.24, 2.45) is 5.92 Å². The zero-order valence-electron chi connectivity index (χ0n) is 12.1. The Bertz CT molecular complexity index is 467. The van der Waals surface area contributed by atoms with E-state index in [2.05, 4.69) is 4.72 Å². The van der Waals surface area contributed by atoms with Gasteiger partial charge < -0.3 is 0 Å². The molecule has 1 unspecified atom stereocenters. The lowest BCUT2D eigenvalue weighted by Crippen LogP contribution is -2.43. The summed E-state index contributed by atoms with van der Waals surface area (Å²) in [5.41, 5.74) is 0.994. The standard InChI is InChI=1S/C14H24N2O2S/c1-5-16(6-2)19(17,18)15-14(12(3)4)13-10-8-7-9-11-13/h7-12,14-15H,5-6H2,1-4H3. The quantitative estimate of drug-likeness (QED) is 0.836. The maximum Gasteiger partial charge on any atom is 0.279 e. The molecule has 1 atom stereocenters. The van der Waals surface area contributed by atoms with E-state index in [1.54, 1.807) is 0 Å². The highest BCUT2D eigenvalue weighted by Gasteiger charge is 2.25. The SMILES string of the molecule is CCN(CC)S(=O)(=O)NC(c1ccccc1)C(C)C. The Hall–Kier alpha value is -0.910. The molecule has 0 aliphatic carbocycles. The second kappa shape index (κ2) is 7.03. The van der Waals surface area contributed by atoms with E-state index >= 15 is 0 Å². The Morgan fingerprint density at radius 1 is 1.11 bits per heavy atom. The second-order valence-electron chi connectivity index (χ2n) is 4.84. The minimum absolute atomic E-state index is 0.188. The van der Waals surface area contributed by atoms with Crippen molar-refractivity contribution in [3.8, 4) is 0 Å². The molecule has 4 nitrogen and oxygen atoms in total. The maximum atomic E-state index is 12.3. The topological polar surface area (TPSA) is 49.4 Å². The number of rotatable bonds is 7. The number of benzene rings is 1. The van der Waals surface area contributed by atoms with Gasteiger partial charge in [0.2, 0.25) is 0 Å². The van der Waals surface area contributed by atoms with Crippen LogP contribution in [0.5, 0.6) is 0 Å². The van der Waals surface area contributed by atoms with Crippen LogP contribution in [0.1, 0.15) is 39.3 Å². The highest BCUT2D eigenvalue weighted by atomic mass is 32.2. The van der Waals surface area contributed by atoms with Crippen LogP contribution in [0.4, 0.5) is 0 Å². The van der Waals surface area contributed by atoms with Crippen LogP contribution in [0.2, 0.25) is 0 Å². The third-order valence-corrected chi connectivity index (χ3v) is 4.89. The van der Waals surface area contributed by atoms with E-state index in [0.717, 1.165) is 5.56 Å². The second-order valence-corrected chi connectivity index (χ2v) is 6.54. The van der Waals surface area contributed by atoms with Gasteiger partial charge in [-0.05, 0) is 11.5 Å². The van der Waals surface area contributed by atoms with Crippen molar-refractivity contribution in [2.75, 3.05) is 13.1 Å². The summed E-state index contributed by atoms with van der Waals surface area (Å²) in [6.07, 6.45) is 0. The molecule has 0 fully saturated rings. The molecule has 1 aromatic carbocycles. The molecule has 0 aliphatic heterocycles. The molecule has 0 aliphatic rings. The van der Waals surface area contributed by atoms with Gasteiger partial charge in [0.05, 0.1) is 6.04 Å². The summed E-state index contributed by atoms with van der Waals surface area (Å²) >= 11 is 0. The molecule has 1 N–H and O–H groups in total. The fraction of sp³-hybridized carbons (Fsp3) is 0.571. The van der Waals surface area contributed by atoms with Gasteiger partial charge in [-0.2, -0.15) is 17.4 Å². The summed E-state index contributed by atoms with van der Waals surface area (Å²) in [6, 6.07) is 9.49. The first kappa shape index (κ1) is 16.1. The highest BCUT2D eigenvalue weighted by molar-refractivity contribution is 7.87. The Morgan fingerprint density at radius 2 is 1.63 bits per heavy atom. The van der Waals surface area contributed by atoms with Crippen LogP contribution < -0.4 is 4.72 Å². The summed E-state index contributed by atoms with van der Waals surface area (Å²) in [4.78, 5) is 0. The molecule has 108 valence electrons. The summed E-state index contributed by atoms with van der Waals surface area (Å²) in [5, 5.41) is 0. The molecule has 0 radical (unpaired) electrons. The maximum absolute atomic E-state index is 12.3. The molecular formula is C14H24N2O2S. The zero-order valence-corrected chi connectivity index (χ0v) is 12.9. The van der Waals surface area contributed by atoms with Crippen molar-refractivity contribution in [3.63, 3.8) is 0 Å². The molecule has 0 spiro atoms. The van der Waals surface area contributed by atoms with Gasteiger partial charge in [0.1, 0.15) is 0 Å². The molecule has 0 aromatic heterocycles. The van der Waals surface area contributed by atoms with Crippen molar-refractivity contribution in [1.29, 1.82) is 0 Å². The Balaban J connectivity index is 2.98. The van der Waals surface area contributed by atoms with Crippen LogP contribution in [0.15, 0.2) is 30.3 Å². The van der Waals surface area contributed by atoms with Crippen molar-refractivity contribution < 1.29 is 8.42 Å². The van der Waals surface area contributed by atoms with Crippen molar-refractivity contribution in [1.82, 2.24) is 9.03 Å². The van der Waals surface area contributed by atoms with Crippen LogP contribution in [0.25, 0.3) is 0 Å². The van der Waals surface area contributed by atoms with Gasteiger partial charge in [0.15, 0.2) is 0 Å². The van der Waals surface area contributed by atoms with Gasteiger partial charge in [-0.1, -0.05) is 58.0 Å². The van der Waals surface area contributed by atoms with Crippen molar-refractivity contribution in [2.45, 2.75) is 33.7 Å². The minimum Gasteiger partial charge on any atom is -0.195 e. The fourth-order valence-corrected chi connectivity index (χ4v) is 3.61. The normalized spacial score (nSPS) is 14.0. The van der Waals surface area contributed by atoms with Gasteiger partial charge >= 0.3 is 0 Å². The lowest BCUT2D eigenvalue weighted by atomic mass is 9.97. The van der Waals surface area contributed by atoms with Gasteiger partial charge in [-0.25, -0.2) is 0 Å². The van der Waals surface area contributed by atoms with Crippen LogP contribution in [0.3, 0.4) is 0 Å². The predicted octanol–water partition coefficient (Wildman–Crippen LogP) is 2.56. The average Bonchev–Trinajstić information content (AvgIpc) is 2.38. The molecule has 0 saturated carbocycles. The van der Waals surface area contributed by atoms with Crippen LogP contribution >= 0.6 is 0 Å². The Kier molecular flexibility index (Phi) is 5.97. The number of nitrogens with zero attached hydrogens (tertiary/aromatic N) is 1. The van der Waals surface area contributed by atoms with Crippen LogP contribution in [0, 0.1) is 5.92 Å². The van der Waals surface area contributed by atoms with E-state index in [1.807, 2.05) is 58.0 Å². The van der Waals surface area contributed by atoms with Crippen molar-refractivity contribution >= 4 is 10.2 Å². The molecule has 1 rings (SSSR count). The number of hydrogen-bond donors (Lipinski definition) is 1. The van der Waals surface area contributed by atoms with Gasteiger partial charge in [0, 0.05) is 13.1 Å². The Labute approximate surface area is 117 Å². The Morgan fingerprint density at radius 3 is 2.05 bits per heavy atom. The molecular weight excluding hydrogens is 260 g/mol. The lowest BCUT2D eigenvalue weighted by Gasteiger charge is -2.27. The molecule has 0 saturated heterocycles. The summed E-state index contributed by atoms with van der Waals surface area (Å²) in [5.74, 6) is 0.188. The first-order valence-corrected chi connectivity index (χ1v) is 8.18. The van der Waals surface area contributed by atoms with Crippen LogP contribution in [-0.4, -0.2) is 25.8 Å². The molecule has 19 heavy (non-hydrogen) atoms. The summed E-state index contributed by atoms with van der Waals surface area (Å²) in [6.45, 7) is 8.67. The smallest absolute Gasteiger partial charge is 0.195 e. The van der Waals surface area contributed by atoms with Gasteiger partial charge in [-0.3, -0.25) is 0 Å². The molecule has 0 amide bonds. The van der Waals surface area contributed by atoms with Crippen LogP contribution in [-0.2, 0) is 10.2 Å². The zero-order chi connectivity index (χ0) is 14.5. The fourth-order valence-electron chi connectivity index (χ4n) is 2.05. The van der Waals surface area contributed by atoms with E-state index in [9.17, 15) is 8.42 Å². The summed E-state index contributed by atoms with van der Waals surface area (Å²) < 4.78 is 28.8. The molecule has 0 bridgehead atoms. The number of hydrogen-bond acceptors (Lipinski definition) is 2. The van der Waals surface area contributed by atoms with Crippen molar-refractivity contribution in [3.05, 3.63) is 35.9 Å². The lowest BCUT2D eigenvalue weighted by molar-refractivity contribution is 0.403. The first-order chi connectivity index (χ1) is 8.92. The van der Waals surface area contributed by atoms with E-state index in [1.165, 1.54) is 4.31 Å². The van der Waals surface area contributed by atoms with E-state index in [4.69, 9.17) is 0 Å². The third-order valence-electron chi connectivity index (χ3n) is 3.15. The molecule has 5 heteroatoms. The van der Waals surface area contributed by atoms with E-state index in [0.29, 0.717) is 13.1 Å². The largest absolute Gasteiger partial charge is 0.279 e. The average molecular weight is 284 g/mol. The molecule has 1 aromatic rings. The molecule has 0 heterocycles. The van der Waals surface area contributed by atoms with E-state index in [-0.39, 0.29) is 12.0 Å². The van der Waals surface area contributed by atoms with Gasteiger partial charge in [-0.15, -0.1) is 0 Å². The third kappa shape index (κ3) is 4.30. The number of nitrogens with one attached hydrogen (secondary N) is 1. The monoisotopic (exact) mass is 284 g/mol. The highest BCUT2D eigenvalue weighted by Crippen LogP contribution is 2.22. The van der Waals surface area contributed by atoms with E-state index < -0.39 is 10.2 Å². The minimum atomic E-state index is -3.43. The predicted molar refractivity (Wildman–Crippen MR) is 79.0 cm³/mol. The van der Waals surface area contributed by atoms with Gasteiger partial charge in [0.25, 0.3) is 10.2 Å². The summed E-state index contributed by atoms with van der Waals surface area (Å²) in [7, 11) is -3.43.